The summed E-state index contributed by atoms with van der Waals surface area (Å²) >= 11 is 0. The van der Waals surface area contributed by atoms with Gasteiger partial charge in [0.15, 0.2) is 0 Å². The third-order valence-corrected chi connectivity index (χ3v) is 10.7. The second-order valence-corrected chi connectivity index (χ2v) is 15.7. The van der Waals surface area contributed by atoms with Crippen molar-refractivity contribution in [3.05, 3.63) is 59.3 Å². The molecule has 1 unspecified atom stereocenters. The summed E-state index contributed by atoms with van der Waals surface area (Å²) in [4.78, 5) is 72.3. The fraction of sp³-hybridized carbons (Fsp3) is 0.500. The molecule has 14 nitrogen and oxygen atoms in total. The number of piperidine rings is 1. The molecule has 2 saturated heterocycles. The maximum atomic E-state index is 14.7. The lowest BCUT2D eigenvalue weighted by atomic mass is 9.80. The average molecular weight is 727 g/mol. The number of hydrogen-bond acceptors (Lipinski definition) is 10. The summed E-state index contributed by atoms with van der Waals surface area (Å²) in [6.45, 7) is 8.15. The summed E-state index contributed by atoms with van der Waals surface area (Å²) in [7, 11) is 0. The van der Waals surface area contributed by atoms with Crippen LogP contribution in [0.5, 0.6) is 0 Å². The quantitative estimate of drug-likeness (QED) is 0.317. The number of ether oxygens (including phenoxy) is 1. The number of nitrogens with one attached hydrogen (secondary N) is 2. The maximum Gasteiger partial charge on any atom is 0.410 e. The number of pyridine rings is 1. The van der Waals surface area contributed by atoms with E-state index in [1.54, 1.807) is 23.1 Å². The van der Waals surface area contributed by atoms with Crippen molar-refractivity contribution in [1.29, 1.82) is 0 Å². The molecule has 3 aromatic rings. The van der Waals surface area contributed by atoms with Gasteiger partial charge in [-0.3, -0.25) is 39.1 Å². The number of halogens is 1. The number of rotatable bonds is 8. The first-order chi connectivity index (χ1) is 25.3. The first-order valence-electron chi connectivity index (χ1n) is 18.4. The lowest BCUT2D eigenvalue weighted by Gasteiger charge is -2.37. The van der Waals surface area contributed by atoms with Crippen LogP contribution in [0.1, 0.15) is 97.7 Å². The van der Waals surface area contributed by atoms with Gasteiger partial charge in [-0.2, -0.15) is 5.10 Å². The normalized spacial score (nSPS) is 23.2. The van der Waals surface area contributed by atoms with E-state index in [-0.39, 0.29) is 36.1 Å². The van der Waals surface area contributed by atoms with Gasteiger partial charge in [0.05, 0.1) is 40.4 Å². The second-order valence-electron chi connectivity index (χ2n) is 15.7. The topological polar surface area (TPSA) is 159 Å². The number of carbonyl (C=O) groups is 5. The van der Waals surface area contributed by atoms with E-state index in [2.05, 4.69) is 26.7 Å². The largest absolute Gasteiger partial charge is 0.444 e. The average Bonchev–Trinajstić information content (AvgIpc) is 3.81. The summed E-state index contributed by atoms with van der Waals surface area (Å²) in [5.74, 6) is -1.83. The molecule has 2 saturated carbocycles. The molecule has 2 aromatic heterocycles. The number of piperazine rings is 1. The van der Waals surface area contributed by atoms with Crippen LogP contribution in [0, 0.1) is 11.7 Å². The van der Waals surface area contributed by atoms with Crippen molar-refractivity contribution in [2.45, 2.75) is 82.9 Å². The monoisotopic (exact) mass is 726 g/mol. The first kappa shape index (κ1) is 34.7. The van der Waals surface area contributed by atoms with E-state index in [4.69, 9.17) is 9.84 Å². The lowest BCUT2D eigenvalue weighted by molar-refractivity contribution is -0.136. The van der Waals surface area contributed by atoms with Crippen molar-refractivity contribution in [2.75, 3.05) is 42.9 Å². The van der Waals surface area contributed by atoms with E-state index < -0.39 is 41.1 Å². The van der Waals surface area contributed by atoms with E-state index in [1.165, 1.54) is 12.3 Å². The standard InChI is InChI=1S/C38H43FN8O6/c1-38(2,3)53-37(52)45-12-10-44(11-13-45)30-16-23(39)19-41-33(30)28-20-46(43-32(28)22-4-5-22)25-14-21(15-25)18-40-24-6-7-26-27(17-24)36(51)47(35(26)50)29-8-9-31(48)42-34(29)49/h6-7,16-17,19-22,25,29,40H,4-5,8-15,18H2,1-3H3,(H,42,48,49)/t21-,25-,29?. The number of amides is 5. The number of fused-ring (bicyclic) bond motifs is 1. The predicted octanol–water partition coefficient (Wildman–Crippen LogP) is 4.48. The van der Waals surface area contributed by atoms with Crippen molar-refractivity contribution in [3.63, 3.8) is 0 Å². The Balaban J connectivity index is 0.914. The Kier molecular flexibility index (Phi) is 8.69. The molecule has 15 heteroatoms. The number of imide groups is 2. The fourth-order valence-corrected chi connectivity index (χ4v) is 7.69. The van der Waals surface area contributed by atoms with Gasteiger partial charge in [0.25, 0.3) is 11.8 Å². The molecule has 3 aliphatic heterocycles. The Morgan fingerprint density at radius 1 is 0.981 bits per heavy atom. The zero-order valence-corrected chi connectivity index (χ0v) is 30.1. The molecule has 278 valence electrons. The number of nitrogens with zero attached hydrogens (tertiary/aromatic N) is 6. The van der Waals surface area contributed by atoms with Gasteiger partial charge < -0.3 is 19.9 Å². The number of hydrogen-bond donors (Lipinski definition) is 2. The third kappa shape index (κ3) is 6.84. The number of anilines is 2. The Morgan fingerprint density at radius 2 is 1.72 bits per heavy atom. The summed E-state index contributed by atoms with van der Waals surface area (Å²) in [5.41, 5.74) is 3.91. The molecule has 2 aliphatic carbocycles. The zero-order valence-electron chi connectivity index (χ0n) is 30.1. The highest BCUT2D eigenvalue weighted by Crippen LogP contribution is 2.47. The molecule has 53 heavy (non-hydrogen) atoms. The maximum absolute atomic E-state index is 14.7. The van der Waals surface area contributed by atoms with Gasteiger partial charge >= 0.3 is 6.09 Å². The van der Waals surface area contributed by atoms with E-state index in [9.17, 15) is 28.4 Å². The summed E-state index contributed by atoms with van der Waals surface area (Å²) in [5, 5.41) is 10.7. The van der Waals surface area contributed by atoms with Gasteiger partial charge in [-0.05, 0) is 77.0 Å². The van der Waals surface area contributed by atoms with Crippen LogP contribution in [0.15, 0.2) is 36.7 Å². The molecule has 5 aliphatic rings. The van der Waals surface area contributed by atoms with Crippen molar-refractivity contribution in [2.24, 2.45) is 5.92 Å². The minimum absolute atomic E-state index is 0.0706. The van der Waals surface area contributed by atoms with Crippen LogP contribution in [0.3, 0.4) is 0 Å². The van der Waals surface area contributed by atoms with Gasteiger partial charge in [-0.25, -0.2) is 9.18 Å². The second kappa shape index (κ2) is 13.3. The molecule has 0 bridgehead atoms. The van der Waals surface area contributed by atoms with Gasteiger partial charge in [0.2, 0.25) is 11.8 Å². The Bertz CT molecular complexity index is 2010. The van der Waals surface area contributed by atoms with Crippen LogP contribution in [0.25, 0.3) is 11.3 Å². The Labute approximate surface area is 306 Å². The van der Waals surface area contributed by atoms with E-state index in [0.29, 0.717) is 61.6 Å². The summed E-state index contributed by atoms with van der Waals surface area (Å²) in [6, 6.07) is 5.75. The van der Waals surface area contributed by atoms with Crippen molar-refractivity contribution in [3.8, 4) is 11.3 Å². The minimum Gasteiger partial charge on any atom is -0.444 e. The number of aromatic nitrogens is 3. The van der Waals surface area contributed by atoms with Crippen LogP contribution in [-0.2, 0) is 14.3 Å². The van der Waals surface area contributed by atoms with Crippen molar-refractivity contribution in [1.82, 2.24) is 29.9 Å². The Morgan fingerprint density at radius 3 is 2.42 bits per heavy atom. The van der Waals surface area contributed by atoms with E-state index in [0.717, 1.165) is 41.8 Å². The molecule has 8 rings (SSSR count). The SMILES string of the molecule is CC(C)(C)OC(=O)N1CCN(c2cc(F)cnc2-c2cn([C@H]3C[C@H](CNc4ccc5c(c4)C(=O)N(C4CCC(=O)NC4=O)C5=O)C3)nc2C2CC2)CC1. The first-order valence-corrected chi connectivity index (χ1v) is 18.4. The van der Waals surface area contributed by atoms with Crippen LogP contribution >= 0.6 is 0 Å². The van der Waals surface area contributed by atoms with E-state index >= 15 is 0 Å². The smallest absolute Gasteiger partial charge is 0.410 e. The molecular weight excluding hydrogens is 683 g/mol. The van der Waals surface area contributed by atoms with Gasteiger partial charge in [0.1, 0.15) is 17.5 Å². The molecule has 1 atom stereocenters. The van der Waals surface area contributed by atoms with Crippen molar-refractivity contribution < 1.29 is 33.1 Å². The Hall–Kier alpha value is -5.34. The van der Waals surface area contributed by atoms with Crippen LogP contribution < -0.4 is 15.5 Å². The minimum atomic E-state index is -1.00. The van der Waals surface area contributed by atoms with E-state index in [1.807, 2.05) is 25.5 Å². The molecule has 0 spiro atoms. The highest BCUT2D eigenvalue weighted by Gasteiger charge is 2.45. The molecule has 0 radical (unpaired) electrons. The van der Waals surface area contributed by atoms with Gasteiger partial charge in [-0.15, -0.1) is 0 Å². The highest BCUT2D eigenvalue weighted by atomic mass is 19.1. The van der Waals surface area contributed by atoms with Crippen LogP contribution in [0.4, 0.5) is 20.6 Å². The molecule has 4 fully saturated rings. The van der Waals surface area contributed by atoms with Gasteiger partial charge in [0, 0.05) is 68.6 Å². The molecule has 5 amide bonds. The molecule has 5 heterocycles. The number of carbonyl (C=O) groups excluding carboxylic acids is 5. The molecule has 1 aromatic carbocycles. The third-order valence-electron chi connectivity index (χ3n) is 10.7. The van der Waals surface area contributed by atoms with Crippen molar-refractivity contribution >= 4 is 41.1 Å². The predicted molar refractivity (Wildman–Crippen MR) is 191 cm³/mol. The lowest BCUT2D eigenvalue weighted by Crippen LogP contribution is -2.54. The molecule has 2 N–H and O–H groups in total. The fourth-order valence-electron chi connectivity index (χ4n) is 7.69. The summed E-state index contributed by atoms with van der Waals surface area (Å²) < 4.78 is 22.3. The van der Waals surface area contributed by atoms with Gasteiger partial charge in [-0.1, -0.05) is 0 Å². The number of benzene rings is 1. The summed E-state index contributed by atoms with van der Waals surface area (Å²) in [6.07, 6.45) is 7.02. The zero-order chi connectivity index (χ0) is 37.2. The highest BCUT2D eigenvalue weighted by molar-refractivity contribution is 6.23. The van der Waals surface area contributed by atoms with Crippen LogP contribution in [0.2, 0.25) is 0 Å². The van der Waals surface area contributed by atoms with Crippen LogP contribution in [-0.4, -0.2) is 98.7 Å². The molecular formula is C38H43FN8O6.